The molecule has 6 nitrogen and oxygen atoms in total. The van der Waals surface area contributed by atoms with E-state index in [1.807, 2.05) is 13.0 Å². The van der Waals surface area contributed by atoms with Gasteiger partial charge in [0.05, 0.1) is 18.4 Å². The molecule has 0 spiro atoms. The van der Waals surface area contributed by atoms with Gasteiger partial charge in [0.2, 0.25) is 0 Å². The van der Waals surface area contributed by atoms with Gasteiger partial charge in [0, 0.05) is 0 Å². The Labute approximate surface area is 91.8 Å². The predicted molar refractivity (Wildman–Crippen MR) is 55.2 cm³/mol. The van der Waals surface area contributed by atoms with Crippen LogP contribution in [-0.2, 0) is 4.74 Å². The SMILES string of the molecule is COC(=O)c1cc(C)cc(-n2cnnn2)c1. The van der Waals surface area contributed by atoms with Crippen LogP contribution in [-0.4, -0.2) is 33.3 Å². The van der Waals surface area contributed by atoms with Crippen molar-refractivity contribution in [3.05, 3.63) is 35.7 Å². The molecule has 1 heterocycles. The molecule has 0 atom stereocenters. The maximum absolute atomic E-state index is 11.4. The number of methoxy groups -OCH3 is 1. The minimum absolute atomic E-state index is 0.377. The van der Waals surface area contributed by atoms with Gasteiger partial charge in [-0.3, -0.25) is 0 Å². The minimum atomic E-state index is -0.377. The largest absolute Gasteiger partial charge is 0.465 e. The molecule has 0 N–H and O–H groups in total. The van der Waals surface area contributed by atoms with Gasteiger partial charge in [0.1, 0.15) is 6.33 Å². The van der Waals surface area contributed by atoms with E-state index in [9.17, 15) is 4.79 Å². The molecule has 0 radical (unpaired) electrons. The number of hydrogen-bond acceptors (Lipinski definition) is 5. The third-order valence-electron chi connectivity index (χ3n) is 2.10. The van der Waals surface area contributed by atoms with E-state index in [0.717, 1.165) is 11.3 Å². The van der Waals surface area contributed by atoms with Crippen molar-refractivity contribution >= 4 is 5.97 Å². The number of tetrazole rings is 1. The number of aromatic nitrogens is 4. The summed E-state index contributed by atoms with van der Waals surface area (Å²) in [5.74, 6) is -0.377. The van der Waals surface area contributed by atoms with Gasteiger partial charge in [-0.2, -0.15) is 0 Å². The summed E-state index contributed by atoms with van der Waals surface area (Å²) in [6, 6.07) is 5.30. The zero-order chi connectivity index (χ0) is 11.5. The fourth-order valence-electron chi connectivity index (χ4n) is 1.41. The maximum Gasteiger partial charge on any atom is 0.337 e. The van der Waals surface area contributed by atoms with Crippen molar-refractivity contribution in [2.24, 2.45) is 0 Å². The highest BCUT2D eigenvalue weighted by Crippen LogP contribution is 2.13. The van der Waals surface area contributed by atoms with E-state index >= 15 is 0 Å². The highest BCUT2D eigenvalue weighted by Gasteiger charge is 2.08. The molecule has 0 saturated carbocycles. The summed E-state index contributed by atoms with van der Waals surface area (Å²) in [5.41, 5.74) is 2.15. The summed E-state index contributed by atoms with van der Waals surface area (Å²) < 4.78 is 6.15. The summed E-state index contributed by atoms with van der Waals surface area (Å²) in [6.07, 6.45) is 1.47. The summed E-state index contributed by atoms with van der Waals surface area (Å²) in [7, 11) is 1.35. The Morgan fingerprint density at radius 1 is 1.38 bits per heavy atom. The van der Waals surface area contributed by atoms with Crippen LogP contribution in [0.5, 0.6) is 0 Å². The fraction of sp³-hybridized carbons (Fsp3) is 0.200. The highest BCUT2D eigenvalue weighted by atomic mass is 16.5. The molecule has 16 heavy (non-hydrogen) atoms. The molecular weight excluding hydrogens is 208 g/mol. The molecule has 82 valence electrons. The van der Waals surface area contributed by atoms with Gasteiger partial charge in [0.15, 0.2) is 0 Å². The molecule has 1 aromatic heterocycles. The van der Waals surface area contributed by atoms with E-state index in [4.69, 9.17) is 0 Å². The Kier molecular flexibility index (Phi) is 2.63. The number of nitrogens with zero attached hydrogens (tertiary/aromatic N) is 4. The third kappa shape index (κ3) is 1.90. The van der Waals surface area contributed by atoms with Crippen molar-refractivity contribution in [1.82, 2.24) is 20.2 Å². The molecule has 0 saturated heterocycles. The van der Waals surface area contributed by atoms with Crippen molar-refractivity contribution in [2.75, 3.05) is 7.11 Å². The lowest BCUT2D eigenvalue weighted by atomic mass is 10.1. The van der Waals surface area contributed by atoms with Gasteiger partial charge in [0.25, 0.3) is 0 Å². The highest BCUT2D eigenvalue weighted by molar-refractivity contribution is 5.90. The summed E-state index contributed by atoms with van der Waals surface area (Å²) >= 11 is 0. The lowest BCUT2D eigenvalue weighted by molar-refractivity contribution is 0.0600. The quantitative estimate of drug-likeness (QED) is 0.696. The van der Waals surface area contributed by atoms with Crippen LogP contribution in [0.15, 0.2) is 24.5 Å². The Morgan fingerprint density at radius 2 is 2.19 bits per heavy atom. The van der Waals surface area contributed by atoms with Crippen LogP contribution in [0.3, 0.4) is 0 Å². The van der Waals surface area contributed by atoms with Gasteiger partial charge in [-0.15, -0.1) is 5.10 Å². The number of benzene rings is 1. The molecule has 0 bridgehead atoms. The molecule has 0 aliphatic carbocycles. The molecule has 2 rings (SSSR count). The molecule has 0 amide bonds. The van der Waals surface area contributed by atoms with Crippen molar-refractivity contribution < 1.29 is 9.53 Å². The molecule has 0 aliphatic heterocycles. The van der Waals surface area contributed by atoms with Crippen molar-refractivity contribution in [3.63, 3.8) is 0 Å². The average molecular weight is 218 g/mol. The summed E-state index contributed by atoms with van der Waals surface area (Å²) in [6.45, 7) is 1.89. The number of carbonyl (C=O) groups excluding carboxylic acids is 1. The Hall–Kier alpha value is -2.24. The first-order valence-corrected chi connectivity index (χ1v) is 4.64. The first kappa shape index (κ1) is 10.3. The van der Waals surface area contributed by atoms with E-state index in [-0.39, 0.29) is 5.97 Å². The van der Waals surface area contributed by atoms with E-state index in [2.05, 4.69) is 20.3 Å². The monoisotopic (exact) mass is 218 g/mol. The maximum atomic E-state index is 11.4. The van der Waals surface area contributed by atoms with Gasteiger partial charge >= 0.3 is 5.97 Å². The molecule has 0 aliphatic rings. The second-order valence-electron chi connectivity index (χ2n) is 3.30. The third-order valence-corrected chi connectivity index (χ3v) is 2.10. The molecular formula is C10H10N4O2. The minimum Gasteiger partial charge on any atom is -0.465 e. The van der Waals surface area contributed by atoms with E-state index in [0.29, 0.717) is 5.56 Å². The zero-order valence-corrected chi connectivity index (χ0v) is 8.91. The first-order chi connectivity index (χ1) is 7.70. The van der Waals surface area contributed by atoms with Crippen LogP contribution in [0.1, 0.15) is 15.9 Å². The zero-order valence-electron chi connectivity index (χ0n) is 8.91. The normalized spacial score (nSPS) is 10.1. The number of rotatable bonds is 2. The first-order valence-electron chi connectivity index (χ1n) is 4.64. The van der Waals surface area contributed by atoms with Crippen LogP contribution in [0, 0.1) is 6.92 Å². The van der Waals surface area contributed by atoms with Crippen LogP contribution >= 0.6 is 0 Å². The molecule has 2 aromatic rings. The van der Waals surface area contributed by atoms with Crippen molar-refractivity contribution in [1.29, 1.82) is 0 Å². The Bertz CT molecular complexity index is 508. The number of esters is 1. The number of carbonyl (C=O) groups is 1. The summed E-state index contributed by atoms with van der Waals surface area (Å²) in [5, 5.41) is 10.8. The Morgan fingerprint density at radius 3 is 2.81 bits per heavy atom. The second-order valence-corrected chi connectivity index (χ2v) is 3.30. The van der Waals surface area contributed by atoms with Crippen LogP contribution < -0.4 is 0 Å². The smallest absolute Gasteiger partial charge is 0.337 e. The van der Waals surface area contributed by atoms with Gasteiger partial charge in [-0.05, 0) is 41.1 Å². The summed E-state index contributed by atoms with van der Waals surface area (Å²) in [4.78, 5) is 11.4. The van der Waals surface area contributed by atoms with Gasteiger partial charge in [-0.25, -0.2) is 9.48 Å². The molecule has 1 aromatic carbocycles. The van der Waals surface area contributed by atoms with Gasteiger partial charge < -0.3 is 4.74 Å². The van der Waals surface area contributed by atoms with Crippen molar-refractivity contribution in [2.45, 2.75) is 6.92 Å². The van der Waals surface area contributed by atoms with E-state index in [1.165, 1.54) is 18.1 Å². The lowest BCUT2D eigenvalue weighted by Crippen LogP contribution is -2.04. The number of aryl methyl sites for hydroxylation is 1. The van der Waals surface area contributed by atoms with Crippen LogP contribution in [0.4, 0.5) is 0 Å². The number of hydrogen-bond donors (Lipinski definition) is 0. The van der Waals surface area contributed by atoms with E-state index in [1.54, 1.807) is 12.1 Å². The molecule has 6 heteroatoms. The van der Waals surface area contributed by atoms with Crippen LogP contribution in [0.25, 0.3) is 5.69 Å². The number of ether oxygens (including phenoxy) is 1. The standard InChI is InChI=1S/C10H10N4O2/c1-7-3-8(10(15)16-2)5-9(4-7)14-6-11-12-13-14/h3-6H,1-2H3. The molecule has 0 unspecified atom stereocenters. The lowest BCUT2D eigenvalue weighted by Gasteiger charge is -2.05. The molecule has 0 fully saturated rings. The predicted octanol–water partition coefficient (Wildman–Crippen LogP) is 0.757. The van der Waals surface area contributed by atoms with Gasteiger partial charge in [-0.1, -0.05) is 0 Å². The Balaban J connectivity index is 2.48. The second kappa shape index (κ2) is 4.09. The van der Waals surface area contributed by atoms with E-state index < -0.39 is 0 Å². The van der Waals surface area contributed by atoms with Crippen molar-refractivity contribution in [3.8, 4) is 5.69 Å². The fourth-order valence-corrected chi connectivity index (χ4v) is 1.41. The topological polar surface area (TPSA) is 69.9 Å². The van der Waals surface area contributed by atoms with Crippen LogP contribution in [0.2, 0.25) is 0 Å². The average Bonchev–Trinajstić information content (AvgIpc) is 2.80.